The van der Waals surface area contributed by atoms with Crippen LogP contribution in [0, 0.1) is 11.3 Å². The summed E-state index contributed by atoms with van der Waals surface area (Å²) in [6.45, 7) is 0. The molecule has 2 aromatic heterocycles. The molecule has 3 aromatic rings. The largest absolute Gasteiger partial charge is 0.468 e. The standard InChI is InChI=1S/C23H18N2O2S2/c1-27-20(26)14-29-23-19(12-24)21(17-9-10-28-13-17)18-8-7-16(22(18)25-23)11-15-5-3-2-4-6-15/h2-6,9-11,13H,7-8,14H2,1H3/b16-11-. The second kappa shape index (κ2) is 8.64. The van der Waals surface area contributed by atoms with Gasteiger partial charge in [0.15, 0.2) is 0 Å². The summed E-state index contributed by atoms with van der Waals surface area (Å²) in [5.41, 5.74) is 6.85. The third-order valence-corrected chi connectivity index (χ3v) is 6.46. The van der Waals surface area contributed by atoms with Gasteiger partial charge < -0.3 is 4.74 Å². The minimum absolute atomic E-state index is 0.123. The number of thioether (sulfide) groups is 1. The SMILES string of the molecule is COC(=O)CSc1nc2c(c(-c3ccsc3)c1C#N)CC/C2=C/c1ccccc1. The van der Waals surface area contributed by atoms with Gasteiger partial charge in [-0.05, 0) is 58.0 Å². The maximum absolute atomic E-state index is 11.7. The predicted octanol–water partition coefficient (Wildman–Crippen LogP) is 5.43. The molecular formula is C23H18N2O2S2. The zero-order chi connectivity index (χ0) is 20.2. The van der Waals surface area contributed by atoms with Gasteiger partial charge >= 0.3 is 5.97 Å². The minimum Gasteiger partial charge on any atom is -0.468 e. The van der Waals surface area contributed by atoms with Gasteiger partial charge in [0, 0.05) is 5.56 Å². The molecule has 0 unspecified atom stereocenters. The molecule has 29 heavy (non-hydrogen) atoms. The molecule has 0 radical (unpaired) electrons. The van der Waals surface area contributed by atoms with Crippen LogP contribution in [-0.4, -0.2) is 23.8 Å². The molecule has 0 N–H and O–H groups in total. The lowest BCUT2D eigenvalue weighted by atomic mass is 9.97. The first-order valence-electron chi connectivity index (χ1n) is 9.16. The van der Waals surface area contributed by atoms with E-state index in [4.69, 9.17) is 9.72 Å². The van der Waals surface area contributed by atoms with E-state index in [1.165, 1.54) is 18.9 Å². The first-order chi connectivity index (χ1) is 14.2. The van der Waals surface area contributed by atoms with Gasteiger partial charge in [-0.15, -0.1) is 0 Å². The molecule has 0 atom stereocenters. The molecule has 1 aliphatic rings. The number of pyridine rings is 1. The number of carbonyl (C=O) groups excluding carboxylic acids is 1. The van der Waals surface area contributed by atoms with E-state index in [2.05, 4.69) is 29.7 Å². The lowest BCUT2D eigenvalue weighted by Crippen LogP contribution is -2.05. The van der Waals surface area contributed by atoms with Crippen LogP contribution < -0.4 is 0 Å². The number of fused-ring (bicyclic) bond motifs is 1. The third-order valence-electron chi connectivity index (χ3n) is 4.83. The summed E-state index contributed by atoms with van der Waals surface area (Å²) in [4.78, 5) is 16.5. The van der Waals surface area contributed by atoms with E-state index in [-0.39, 0.29) is 11.7 Å². The normalized spacial score (nSPS) is 13.9. The van der Waals surface area contributed by atoms with Crippen molar-refractivity contribution in [3.63, 3.8) is 0 Å². The summed E-state index contributed by atoms with van der Waals surface area (Å²) in [5, 5.41) is 14.6. The Bertz CT molecular complexity index is 1110. The van der Waals surface area contributed by atoms with Gasteiger partial charge in [-0.2, -0.15) is 16.6 Å². The van der Waals surface area contributed by atoms with Crippen molar-refractivity contribution < 1.29 is 9.53 Å². The Balaban J connectivity index is 1.87. The molecular weight excluding hydrogens is 400 g/mol. The van der Waals surface area contributed by atoms with E-state index >= 15 is 0 Å². The van der Waals surface area contributed by atoms with Crippen molar-refractivity contribution in [2.45, 2.75) is 17.9 Å². The molecule has 6 heteroatoms. The van der Waals surface area contributed by atoms with Gasteiger partial charge in [-0.1, -0.05) is 42.1 Å². The van der Waals surface area contributed by atoms with Crippen LogP contribution in [0.1, 0.15) is 28.8 Å². The molecule has 2 heterocycles. The minimum atomic E-state index is -0.335. The summed E-state index contributed by atoms with van der Waals surface area (Å²) in [7, 11) is 1.36. The summed E-state index contributed by atoms with van der Waals surface area (Å²) in [5.74, 6) is -0.212. The van der Waals surface area contributed by atoms with Crippen molar-refractivity contribution >= 4 is 40.7 Å². The molecule has 4 nitrogen and oxygen atoms in total. The fourth-order valence-electron chi connectivity index (χ4n) is 3.50. The number of nitriles is 1. The topological polar surface area (TPSA) is 63.0 Å². The number of hydrogen-bond donors (Lipinski definition) is 0. The Morgan fingerprint density at radius 2 is 2.14 bits per heavy atom. The molecule has 4 rings (SSSR count). The van der Waals surface area contributed by atoms with Crippen molar-refractivity contribution in [2.75, 3.05) is 12.9 Å². The highest BCUT2D eigenvalue weighted by atomic mass is 32.2. The highest BCUT2D eigenvalue weighted by Gasteiger charge is 2.27. The fourth-order valence-corrected chi connectivity index (χ4v) is 4.97. The van der Waals surface area contributed by atoms with Crippen LogP contribution in [0.3, 0.4) is 0 Å². The van der Waals surface area contributed by atoms with Crippen LogP contribution in [0.25, 0.3) is 22.8 Å². The number of hydrogen-bond acceptors (Lipinski definition) is 6. The Morgan fingerprint density at radius 3 is 2.83 bits per heavy atom. The quantitative estimate of drug-likeness (QED) is 0.408. The summed E-state index contributed by atoms with van der Waals surface area (Å²) in [6.07, 6.45) is 3.89. The number of rotatable bonds is 5. The van der Waals surface area contributed by atoms with Gasteiger partial charge in [0.05, 0.1) is 24.1 Å². The Hall–Kier alpha value is -2.88. The van der Waals surface area contributed by atoms with E-state index in [9.17, 15) is 10.1 Å². The summed E-state index contributed by atoms with van der Waals surface area (Å²) in [6, 6.07) is 14.5. The number of aromatic nitrogens is 1. The monoisotopic (exact) mass is 418 g/mol. The van der Waals surface area contributed by atoms with Gasteiger partial charge in [0.2, 0.25) is 0 Å². The van der Waals surface area contributed by atoms with Gasteiger partial charge in [0.25, 0.3) is 0 Å². The Morgan fingerprint density at radius 1 is 1.31 bits per heavy atom. The van der Waals surface area contributed by atoms with Crippen molar-refractivity contribution in [1.82, 2.24) is 4.98 Å². The van der Waals surface area contributed by atoms with E-state index < -0.39 is 0 Å². The maximum atomic E-state index is 11.7. The zero-order valence-corrected chi connectivity index (χ0v) is 17.5. The molecule has 0 amide bonds. The molecule has 0 bridgehead atoms. The van der Waals surface area contributed by atoms with Crippen LogP contribution in [0.2, 0.25) is 0 Å². The van der Waals surface area contributed by atoms with E-state index in [1.807, 2.05) is 29.6 Å². The van der Waals surface area contributed by atoms with Gasteiger partial charge in [-0.3, -0.25) is 4.79 Å². The van der Waals surface area contributed by atoms with Gasteiger partial charge in [-0.25, -0.2) is 4.98 Å². The second-order valence-electron chi connectivity index (χ2n) is 6.56. The number of thiophene rings is 1. The number of ether oxygens (including phenoxy) is 1. The molecule has 0 saturated heterocycles. The molecule has 1 aliphatic carbocycles. The number of methoxy groups -OCH3 is 1. The van der Waals surface area contributed by atoms with Crippen LogP contribution in [0.5, 0.6) is 0 Å². The smallest absolute Gasteiger partial charge is 0.316 e. The molecule has 0 aliphatic heterocycles. The van der Waals surface area contributed by atoms with E-state index in [1.54, 1.807) is 11.3 Å². The van der Waals surface area contributed by atoms with Crippen LogP contribution >= 0.6 is 23.1 Å². The second-order valence-corrected chi connectivity index (χ2v) is 8.31. The van der Waals surface area contributed by atoms with Crippen LogP contribution in [0.15, 0.2) is 52.2 Å². The first kappa shape index (κ1) is 19.4. The fraction of sp³-hybridized carbons (Fsp3) is 0.174. The average molecular weight is 419 g/mol. The van der Waals surface area contributed by atoms with Gasteiger partial charge in [0.1, 0.15) is 11.1 Å². The molecule has 0 saturated carbocycles. The lowest BCUT2D eigenvalue weighted by molar-refractivity contribution is -0.137. The van der Waals surface area contributed by atoms with Crippen molar-refractivity contribution in [2.24, 2.45) is 0 Å². The molecule has 144 valence electrons. The summed E-state index contributed by atoms with van der Waals surface area (Å²) >= 11 is 2.86. The van der Waals surface area contributed by atoms with Crippen LogP contribution in [-0.2, 0) is 16.0 Å². The number of nitrogens with zero attached hydrogens (tertiary/aromatic N) is 2. The summed E-state index contributed by atoms with van der Waals surface area (Å²) < 4.78 is 4.76. The molecule has 0 spiro atoms. The first-order valence-corrected chi connectivity index (χ1v) is 11.1. The predicted molar refractivity (Wildman–Crippen MR) is 118 cm³/mol. The zero-order valence-electron chi connectivity index (χ0n) is 15.8. The number of carbonyl (C=O) groups is 1. The Labute approximate surface area is 177 Å². The number of benzene rings is 1. The maximum Gasteiger partial charge on any atom is 0.316 e. The lowest BCUT2D eigenvalue weighted by Gasteiger charge is -2.13. The highest BCUT2D eigenvalue weighted by Crippen LogP contribution is 2.43. The molecule has 1 aromatic carbocycles. The van der Waals surface area contributed by atoms with Crippen LogP contribution in [0.4, 0.5) is 0 Å². The average Bonchev–Trinajstić information content (AvgIpc) is 3.42. The Kier molecular flexibility index (Phi) is 5.79. The van der Waals surface area contributed by atoms with E-state index in [0.29, 0.717) is 10.6 Å². The third kappa shape index (κ3) is 3.98. The van der Waals surface area contributed by atoms with E-state index in [0.717, 1.165) is 46.4 Å². The number of esters is 1. The highest BCUT2D eigenvalue weighted by molar-refractivity contribution is 7.99. The van der Waals surface area contributed by atoms with Crippen molar-refractivity contribution in [3.05, 3.63) is 69.5 Å². The van der Waals surface area contributed by atoms with Crippen molar-refractivity contribution in [3.8, 4) is 17.2 Å². The molecule has 0 fully saturated rings. The van der Waals surface area contributed by atoms with Crippen molar-refractivity contribution in [1.29, 1.82) is 5.26 Å². The number of allylic oxidation sites excluding steroid dienone is 1.